The summed E-state index contributed by atoms with van der Waals surface area (Å²) < 4.78 is 21.3. The maximum absolute atomic E-state index is 10.7. The Kier molecular flexibility index (Phi) is 5.21. The van der Waals surface area contributed by atoms with E-state index in [0.717, 1.165) is 15.3 Å². The minimum Gasteiger partial charge on any atom is -0.768 e. The number of aryl methyl sites for hydroxylation is 2. The molecule has 2 nitrogen and oxygen atoms in total. The molecule has 1 rings (SSSR count). The van der Waals surface area contributed by atoms with Gasteiger partial charge >= 0.3 is 29.6 Å². The van der Waals surface area contributed by atoms with Crippen molar-refractivity contribution >= 4 is 22.4 Å². The topological polar surface area (TPSA) is 40.1 Å². The molecule has 0 saturated heterocycles. The van der Waals surface area contributed by atoms with Gasteiger partial charge in [0, 0.05) is 14.6 Å². The van der Waals surface area contributed by atoms with Crippen molar-refractivity contribution in [3.05, 3.63) is 15.3 Å². The molecule has 62 valence electrons. The van der Waals surface area contributed by atoms with Crippen LogP contribution in [0.2, 0.25) is 0 Å². The van der Waals surface area contributed by atoms with Gasteiger partial charge in [0.2, 0.25) is 0 Å². The van der Waals surface area contributed by atoms with Crippen LogP contribution in [0.25, 0.3) is 0 Å². The molecule has 5 heteroatoms. The summed E-state index contributed by atoms with van der Waals surface area (Å²) >= 11 is -0.540. The summed E-state index contributed by atoms with van der Waals surface area (Å²) in [4.78, 5) is 2.45. The Labute approximate surface area is 101 Å². The molecule has 0 amide bonds. The Morgan fingerprint density at radius 3 is 1.92 bits per heavy atom. The zero-order valence-electron chi connectivity index (χ0n) is 7.63. The first kappa shape index (κ1) is 12.8. The van der Waals surface area contributed by atoms with Gasteiger partial charge in [-0.2, -0.15) is 0 Å². The van der Waals surface area contributed by atoms with Gasteiger partial charge in [-0.05, 0) is 37.4 Å². The van der Waals surface area contributed by atoms with Crippen LogP contribution >= 0.6 is 11.3 Å². The summed E-state index contributed by atoms with van der Waals surface area (Å²) in [6.45, 7) is 5.60. The maximum atomic E-state index is 10.7. The van der Waals surface area contributed by atoms with E-state index in [9.17, 15) is 8.76 Å². The van der Waals surface area contributed by atoms with Crippen molar-refractivity contribution in [1.82, 2.24) is 0 Å². The van der Waals surface area contributed by atoms with Gasteiger partial charge in [0.15, 0.2) is 0 Å². The normalized spacial score (nSPS) is 12.3. The van der Waals surface area contributed by atoms with Gasteiger partial charge in [-0.25, -0.2) is 0 Å². The minimum atomic E-state index is -2.07. The number of hydrogen-bond acceptors (Lipinski definition) is 3. The third-order valence-electron chi connectivity index (χ3n) is 1.66. The zero-order chi connectivity index (χ0) is 8.59. The largest absolute Gasteiger partial charge is 1.00 e. The molecule has 0 aromatic carbocycles. The summed E-state index contributed by atoms with van der Waals surface area (Å²) in [6, 6.07) is 0. The van der Waals surface area contributed by atoms with Crippen molar-refractivity contribution < 1.29 is 38.3 Å². The van der Waals surface area contributed by atoms with Crippen LogP contribution in [0.15, 0.2) is 4.90 Å². The molecular weight excluding hydrogens is 203 g/mol. The smallest absolute Gasteiger partial charge is 0.768 e. The Balaban J connectivity index is 0.00000121. The van der Waals surface area contributed by atoms with E-state index in [4.69, 9.17) is 0 Å². The number of thiophene rings is 1. The van der Waals surface area contributed by atoms with E-state index in [1.807, 2.05) is 20.8 Å². The van der Waals surface area contributed by atoms with E-state index in [1.165, 1.54) is 11.3 Å². The maximum Gasteiger partial charge on any atom is 1.00 e. The van der Waals surface area contributed by atoms with Crippen molar-refractivity contribution in [3.63, 3.8) is 0 Å². The van der Waals surface area contributed by atoms with Gasteiger partial charge in [0.1, 0.15) is 0 Å². The van der Waals surface area contributed by atoms with E-state index < -0.39 is 11.1 Å². The Hall–Kier alpha value is 0.810. The second-order valence-corrected chi connectivity index (χ2v) is 4.71. The molecule has 0 aliphatic rings. The summed E-state index contributed by atoms with van der Waals surface area (Å²) in [5.41, 5.74) is 0.890. The zero-order valence-corrected chi connectivity index (χ0v) is 11.3. The molecule has 0 N–H and O–H groups in total. The van der Waals surface area contributed by atoms with E-state index in [-0.39, 0.29) is 29.6 Å². The second-order valence-electron chi connectivity index (χ2n) is 2.40. The van der Waals surface area contributed by atoms with Gasteiger partial charge in [0.05, 0.1) is 0 Å². The summed E-state index contributed by atoms with van der Waals surface area (Å²) in [7, 11) is 0. The predicted octanol–water partition coefficient (Wildman–Crippen LogP) is -1.08. The van der Waals surface area contributed by atoms with Crippen LogP contribution in [0, 0.1) is 20.8 Å². The molecule has 0 bridgehead atoms. The fraction of sp³-hybridized carbons (Fsp3) is 0.429. The summed E-state index contributed by atoms with van der Waals surface area (Å²) in [6.07, 6.45) is 0. The standard InChI is InChI=1S/C7H10O2S2.Na/c1-4-5(2)10-6(3)7(4)11(8)9;/h1-3H3,(H,8,9);/q;+1/p-1. The third-order valence-corrected chi connectivity index (χ3v) is 3.86. The molecule has 1 heterocycles. The van der Waals surface area contributed by atoms with Gasteiger partial charge in [-0.3, -0.25) is 4.21 Å². The minimum absolute atomic E-state index is 0. The van der Waals surface area contributed by atoms with Gasteiger partial charge < -0.3 is 4.55 Å². The predicted molar refractivity (Wildman–Crippen MR) is 45.7 cm³/mol. The van der Waals surface area contributed by atoms with E-state index >= 15 is 0 Å². The molecule has 0 aliphatic carbocycles. The summed E-state index contributed by atoms with van der Waals surface area (Å²) in [5, 5.41) is 0. The van der Waals surface area contributed by atoms with Crippen molar-refractivity contribution in [2.45, 2.75) is 25.7 Å². The average molecular weight is 212 g/mol. The monoisotopic (exact) mass is 212 g/mol. The van der Waals surface area contributed by atoms with Crippen LogP contribution in [0.4, 0.5) is 0 Å². The van der Waals surface area contributed by atoms with Crippen molar-refractivity contribution in [3.8, 4) is 0 Å². The van der Waals surface area contributed by atoms with Gasteiger partial charge in [0.25, 0.3) is 0 Å². The average Bonchev–Trinajstić information content (AvgIpc) is 2.07. The summed E-state index contributed by atoms with van der Waals surface area (Å²) in [5.74, 6) is 0. The van der Waals surface area contributed by atoms with Gasteiger partial charge in [-0.1, -0.05) is 0 Å². The Bertz CT molecular complexity index is 307. The van der Waals surface area contributed by atoms with Crippen molar-refractivity contribution in [2.75, 3.05) is 0 Å². The Morgan fingerprint density at radius 1 is 1.25 bits per heavy atom. The molecule has 0 fully saturated rings. The van der Waals surface area contributed by atoms with Crippen molar-refractivity contribution in [1.29, 1.82) is 0 Å². The van der Waals surface area contributed by atoms with Crippen molar-refractivity contribution in [2.24, 2.45) is 0 Å². The van der Waals surface area contributed by atoms with Crippen LogP contribution < -0.4 is 29.6 Å². The first-order valence-corrected chi connectivity index (χ1v) is 5.09. The molecule has 1 aromatic rings. The van der Waals surface area contributed by atoms with E-state index in [2.05, 4.69) is 0 Å². The first-order chi connectivity index (χ1) is 5.04. The molecule has 1 atom stereocenters. The molecule has 0 spiro atoms. The van der Waals surface area contributed by atoms with Gasteiger partial charge in [-0.15, -0.1) is 11.3 Å². The van der Waals surface area contributed by atoms with E-state index in [1.54, 1.807) is 0 Å². The fourth-order valence-corrected chi connectivity index (χ4v) is 3.01. The quantitative estimate of drug-likeness (QED) is 0.438. The van der Waals surface area contributed by atoms with Crippen LogP contribution in [-0.4, -0.2) is 8.76 Å². The fourth-order valence-electron chi connectivity index (χ4n) is 1.02. The third kappa shape index (κ3) is 2.40. The Morgan fingerprint density at radius 2 is 1.75 bits per heavy atom. The van der Waals surface area contributed by atoms with Crippen LogP contribution in [0.3, 0.4) is 0 Å². The molecule has 1 unspecified atom stereocenters. The number of hydrogen-bond donors (Lipinski definition) is 0. The molecule has 12 heavy (non-hydrogen) atoms. The molecule has 1 aromatic heterocycles. The van der Waals surface area contributed by atoms with Crippen LogP contribution in [0.5, 0.6) is 0 Å². The second kappa shape index (κ2) is 4.88. The van der Waals surface area contributed by atoms with Crippen LogP contribution in [-0.2, 0) is 11.1 Å². The van der Waals surface area contributed by atoms with Crippen LogP contribution in [0.1, 0.15) is 15.3 Å². The molecule has 0 radical (unpaired) electrons. The first-order valence-electron chi connectivity index (χ1n) is 3.20. The SMILES string of the molecule is Cc1sc(C)c(S(=O)[O-])c1C.[Na+]. The molecular formula is C7H9NaO2S2. The van der Waals surface area contributed by atoms with E-state index in [0.29, 0.717) is 4.90 Å². The molecule has 0 aliphatic heterocycles. The molecule has 0 saturated carbocycles. The number of rotatable bonds is 1.